The summed E-state index contributed by atoms with van der Waals surface area (Å²) in [7, 11) is 0. The van der Waals surface area contributed by atoms with E-state index in [1.807, 2.05) is 0 Å². The van der Waals surface area contributed by atoms with Crippen molar-refractivity contribution in [1.29, 1.82) is 0 Å². The minimum atomic E-state index is 0.155. The summed E-state index contributed by atoms with van der Waals surface area (Å²) < 4.78 is 0. The molecule has 0 spiro atoms. The molecule has 3 rings (SSSR count). The topological polar surface area (TPSA) is 31.2 Å². The summed E-state index contributed by atoms with van der Waals surface area (Å²) in [6.45, 7) is 12.9. The van der Waals surface area contributed by atoms with Crippen LogP contribution in [0.25, 0.3) is 12.2 Å². The molecule has 1 aliphatic heterocycles. The molecule has 1 heterocycles. The van der Waals surface area contributed by atoms with E-state index in [2.05, 4.69) is 121 Å². The summed E-state index contributed by atoms with van der Waals surface area (Å²) in [5.74, 6) is 0. The Morgan fingerprint density at radius 3 is 1.32 bits per heavy atom. The van der Waals surface area contributed by atoms with Crippen molar-refractivity contribution in [3.8, 4) is 0 Å². The molecule has 0 radical (unpaired) electrons. The predicted octanol–water partition coefficient (Wildman–Crippen LogP) is 6.70. The zero-order valence-corrected chi connectivity index (χ0v) is 19.4. The lowest BCUT2D eigenvalue weighted by atomic mass is 10.1. The Kier molecular flexibility index (Phi) is 8.45. The standard InChI is InChI=1S/C27H36N4/c1-5-30(6-2)26-17-11-22(12-18-26)9-15-24-21-25(29-28-24)16-10-23-13-19-27(20-14-23)31(7-3)8-4/h9-20,24-25H,5-8,21H2,1-4H3. The van der Waals surface area contributed by atoms with E-state index in [4.69, 9.17) is 0 Å². The Hall–Kier alpha value is -2.88. The maximum absolute atomic E-state index is 4.45. The van der Waals surface area contributed by atoms with Gasteiger partial charge in [0.15, 0.2) is 0 Å². The molecule has 0 aromatic heterocycles. The lowest BCUT2D eigenvalue weighted by Gasteiger charge is -2.20. The Morgan fingerprint density at radius 2 is 1.00 bits per heavy atom. The van der Waals surface area contributed by atoms with E-state index in [1.54, 1.807) is 0 Å². The smallest absolute Gasteiger partial charge is 0.0916 e. The molecule has 0 amide bonds. The molecule has 0 aliphatic carbocycles. The Morgan fingerprint density at radius 1 is 0.645 bits per heavy atom. The van der Waals surface area contributed by atoms with E-state index in [9.17, 15) is 0 Å². The molecule has 2 aromatic carbocycles. The van der Waals surface area contributed by atoms with Crippen LogP contribution >= 0.6 is 0 Å². The number of benzene rings is 2. The van der Waals surface area contributed by atoms with Crippen molar-refractivity contribution < 1.29 is 0 Å². The van der Waals surface area contributed by atoms with Gasteiger partial charge in [0.25, 0.3) is 0 Å². The number of hydrogen-bond donors (Lipinski definition) is 0. The normalized spacial score (nSPS) is 18.3. The van der Waals surface area contributed by atoms with E-state index in [1.165, 1.54) is 22.5 Å². The first-order valence-corrected chi connectivity index (χ1v) is 11.6. The first-order chi connectivity index (χ1) is 15.2. The van der Waals surface area contributed by atoms with Crippen LogP contribution in [0.15, 0.2) is 70.9 Å². The quantitative estimate of drug-likeness (QED) is 0.431. The van der Waals surface area contributed by atoms with Crippen LogP contribution in [0, 0.1) is 0 Å². The van der Waals surface area contributed by atoms with E-state index >= 15 is 0 Å². The predicted molar refractivity (Wildman–Crippen MR) is 135 cm³/mol. The molecule has 0 N–H and O–H groups in total. The lowest BCUT2D eigenvalue weighted by Crippen LogP contribution is -2.21. The van der Waals surface area contributed by atoms with Crippen LogP contribution in [0.1, 0.15) is 45.2 Å². The van der Waals surface area contributed by atoms with Gasteiger partial charge in [0.05, 0.1) is 12.1 Å². The minimum Gasteiger partial charge on any atom is -0.372 e. The molecule has 31 heavy (non-hydrogen) atoms. The highest BCUT2D eigenvalue weighted by molar-refractivity contribution is 5.57. The lowest BCUT2D eigenvalue weighted by molar-refractivity contribution is 0.769. The van der Waals surface area contributed by atoms with Crippen molar-refractivity contribution in [2.45, 2.75) is 46.2 Å². The van der Waals surface area contributed by atoms with Crippen molar-refractivity contribution in [3.05, 3.63) is 71.8 Å². The average molecular weight is 417 g/mol. The van der Waals surface area contributed by atoms with Gasteiger partial charge in [-0.1, -0.05) is 48.6 Å². The Bertz CT molecular complexity index is 799. The van der Waals surface area contributed by atoms with Crippen LogP contribution in [-0.2, 0) is 0 Å². The van der Waals surface area contributed by atoms with Gasteiger partial charge in [-0.15, -0.1) is 0 Å². The van der Waals surface area contributed by atoms with Crippen molar-refractivity contribution >= 4 is 23.5 Å². The zero-order valence-electron chi connectivity index (χ0n) is 19.4. The highest BCUT2D eigenvalue weighted by atomic mass is 15.2. The van der Waals surface area contributed by atoms with Crippen LogP contribution in [0.4, 0.5) is 11.4 Å². The van der Waals surface area contributed by atoms with Crippen molar-refractivity contribution in [2.75, 3.05) is 36.0 Å². The molecule has 164 valence electrons. The Balaban J connectivity index is 1.52. The molecule has 4 heteroatoms. The SMILES string of the molecule is CCN(CC)c1ccc(C=CC2CC(C=Cc3ccc(N(CC)CC)cc3)N=N2)cc1. The Labute approximate surface area is 188 Å². The van der Waals surface area contributed by atoms with Gasteiger partial charge in [0, 0.05) is 44.0 Å². The van der Waals surface area contributed by atoms with Crippen LogP contribution in [0.3, 0.4) is 0 Å². The first kappa shape index (κ1) is 22.8. The van der Waals surface area contributed by atoms with Gasteiger partial charge in [0.2, 0.25) is 0 Å². The van der Waals surface area contributed by atoms with Crippen LogP contribution < -0.4 is 9.80 Å². The third-order valence-corrected chi connectivity index (χ3v) is 5.91. The molecule has 0 saturated carbocycles. The molecule has 0 bridgehead atoms. The number of azo groups is 1. The van der Waals surface area contributed by atoms with Crippen molar-refractivity contribution in [1.82, 2.24) is 0 Å². The van der Waals surface area contributed by atoms with Crippen molar-refractivity contribution in [2.24, 2.45) is 10.2 Å². The number of hydrogen-bond acceptors (Lipinski definition) is 4. The van der Waals surface area contributed by atoms with Crippen LogP contribution in [0.5, 0.6) is 0 Å². The summed E-state index contributed by atoms with van der Waals surface area (Å²) in [5, 5.41) is 8.90. The fraction of sp³-hybridized carbons (Fsp3) is 0.407. The van der Waals surface area contributed by atoms with E-state index in [0.29, 0.717) is 0 Å². The van der Waals surface area contributed by atoms with Crippen LogP contribution in [0.2, 0.25) is 0 Å². The maximum Gasteiger partial charge on any atom is 0.0916 e. The summed E-state index contributed by atoms with van der Waals surface area (Å²) in [4.78, 5) is 4.71. The fourth-order valence-corrected chi connectivity index (χ4v) is 3.96. The monoisotopic (exact) mass is 416 g/mol. The third-order valence-electron chi connectivity index (χ3n) is 5.91. The second-order valence-electron chi connectivity index (χ2n) is 7.85. The van der Waals surface area contributed by atoms with E-state index in [0.717, 1.165) is 32.6 Å². The summed E-state index contributed by atoms with van der Waals surface area (Å²) in [5.41, 5.74) is 4.97. The largest absolute Gasteiger partial charge is 0.372 e. The molecule has 2 aromatic rings. The van der Waals surface area contributed by atoms with E-state index in [-0.39, 0.29) is 12.1 Å². The third kappa shape index (κ3) is 6.30. The molecular weight excluding hydrogens is 380 g/mol. The molecule has 1 aliphatic rings. The fourth-order valence-electron chi connectivity index (χ4n) is 3.96. The maximum atomic E-state index is 4.45. The summed E-state index contributed by atoms with van der Waals surface area (Å²) >= 11 is 0. The summed E-state index contributed by atoms with van der Waals surface area (Å²) in [6.07, 6.45) is 9.59. The number of nitrogens with zero attached hydrogens (tertiary/aromatic N) is 4. The van der Waals surface area contributed by atoms with Gasteiger partial charge < -0.3 is 9.80 Å². The second kappa shape index (κ2) is 11.5. The van der Waals surface area contributed by atoms with Gasteiger partial charge >= 0.3 is 0 Å². The van der Waals surface area contributed by atoms with Gasteiger partial charge in [-0.3, -0.25) is 0 Å². The first-order valence-electron chi connectivity index (χ1n) is 11.6. The highest BCUT2D eigenvalue weighted by Crippen LogP contribution is 2.22. The molecular formula is C27H36N4. The second-order valence-corrected chi connectivity index (χ2v) is 7.85. The van der Waals surface area contributed by atoms with Gasteiger partial charge in [-0.25, -0.2) is 0 Å². The number of anilines is 2. The molecule has 0 saturated heterocycles. The van der Waals surface area contributed by atoms with Gasteiger partial charge in [-0.05, 0) is 63.1 Å². The van der Waals surface area contributed by atoms with Gasteiger partial charge in [0.1, 0.15) is 0 Å². The average Bonchev–Trinajstić information content (AvgIpc) is 3.27. The molecule has 0 fully saturated rings. The zero-order chi connectivity index (χ0) is 22.1. The molecule has 2 atom stereocenters. The molecule has 2 unspecified atom stereocenters. The number of rotatable bonds is 10. The van der Waals surface area contributed by atoms with Crippen molar-refractivity contribution in [3.63, 3.8) is 0 Å². The van der Waals surface area contributed by atoms with Crippen LogP contribution in [-0.4, -0.2) is 38.3 Å². The summed E-state index contributed by atoms with van der Waals surface area (Å²) in [6, 6.07) is 17.8. The van der Waals surface area contributed by atoms with E-state index < -0.39 is 0 Å². The highest BCUT2D eigenvalue weighted by Gasteiger charge is 2.17. The van der Waals surface area contributed by atoms with Gasteiger partial charge in [-0.2, -0.15) is 10.2 Å². The molecule has 4 nitrogen and oxygen atoms in total. The minimum absolute atomic E-state index is 0.155.